The highest BCUT2D eigenvalue weighted by molar-refractivity contribution is 7.89. The van der Waals surface area contributed by atoms with E-state index in [-0.39, 0.29) is 11.6 Å². The molecule has 0 saturated carbocycles. The van der Waals surface area contributed by atoms with Crippen molar-refractivity contribution in [3.63, 3.8) is 0 Å². The Morgan fingerprint density at radius 1 is 1.56 bits per heavy atom. The summed E-state index contributed by atoms with van der Waals surface area (Å²) in [5, 5.41) is 10.7. The second-order valence-corrected chi connectivity index (χ2v) is 5.48. The van der Waals surface area contributed by atoms with Crippen LogP contribution in [-0.4, -0.2) is 19.9 Å². The van der Waals surface area contributed by atoms with E-state index in [1.54, 1.807) is 0 Å². The van der Waals surface area contributed by atoms with Gasteiger partial charge in [-0.2, -0.15) is 0 Å². The summed E-state index contributed by atoms with van der Waals surface area (Å²) in [6.07, 6.45) is 0. The van der Waals surface area contributed by atoms with E-state index in [1.807, 2.05) is 4.72 Å². The molecule has 1 aromatic rings. The first-order chi connectivity index (χ1) is 8.24. The number of nitro groups is 1. The van der Waals surface area contributed by atoms with Gasteiger partial charge in [-0.3, -0.25) is 10.1 Å². The number of nitrogens with zero attached hydrogens (tertiary/aromatic N) is 1. The van der Waals surface area contributed by atoms with E-state index in [2.05, 4.69) is 6.58 Å². The molecule has 0 aliphatic carbocycles. The first-order valence-corrected chi connectivity index (χ1v) is 6.37. The molecule has 6 nitrogen and oxygen atoms in total. The summed E-state index contributed by atoms with van der Waals surface area (Å²) in [6.45, 7) is 2.99. The summed E-state index contributed by atoms with van der Waals surface area (Å²) in [4.78, 5) is 9.05. The molecule has 0 aromatic heterocycles. The molecule has 0 unspecified atom stereocenters. The van der Waals surface area contributed by atoms with Gasteiger partial charge in [0, 0.05) is 11.6 Å². The van der Waals surface area contributed by atoms with Gasteiger partial charge >= 0.3 is 0 Å². The van der Waals surface area contributed by atoms with Crippen LogP contribution in [0.3, 0.4) is 0 Å². The van der Waals surface area contributed by atoms with Gasteiger partial charge in [0.15, 0.2) is 4.90 Å². The van der Waals surface area contributed by atoms with E-state index < -0.39 is 31.3 Å². The monoisotopic (exact) mass is 294 g/mol. The SMILES string of the molecule is C=C(Cl)CNS(=O)(=O)c1ccc(F)cc1[N+](=O)[O-]. The maximum Gasteiger partial charge on any atom is 0.292 e. The molecule has 1 rings (SSSR count). The molecule has 0 fully saturated rings. The highest BCUT2D eigenvalue weighted by atomic mass is 35.5. The lowest BCUT2D eigenvalue weighted by atomic mass is 10.3. The Morgan fingerprint density at radius 2 is 2.17 bits per heavy atom. The molecule has 0 bridgehead atoms. The van der Waals surface area contributed by atoms with Crippen LogP contribution in [0.5, 0.6) is 0 Å². The van der Waals surface area contributed by atoms with Gasteiger partial charge in [0.2, 0.25) is 10.0 Å². The number of rotatable bonds is 5. The predicted molar refractivity (Wildman–Crippen MR) is 63.2 cm³/mol. The van der Waals surface area contributed by atoms with E-state index in [0.717, 1.165) is 12.1 Å². The lowest BCUT2D eigenvalue weighted by Crippen LogP contribution is -2.25. The molecule has 0 atom stereocenters. The van der Waals surface area contributed by atoms with Crippen LogP contribution in [0.15, 0.2) is 34.7 Å². The van der Waals surface area contributed by atoms with Gasteiger partial charge in [0.25, 0.3) is 5.69 Å². The van der Waals surface area contributed by atoms with Crippen molar-refractivity contribution in [2.24, 2.45) is 0 Å². The number of nitro benzene ring substituents is 1. The van der Waals surface area contributed by atoms with E-state index in [0.29, 0.717) is 6.07 Å². The fraction of sp³-hybridized carbons (Fsp3) is 0.111. The van der Waals surface area contributed by atoms with Gasteiger partial charge in [-0.25, -0.2) is 17.5 Å². The van der Waals surface area contributed by atoms with Gasteiger partial charge in [0.05, 0.1) is 11.0 Å². The minimum Gasteiger partial charge on any atom is -0.258 e. The first kappa shape index (κ1) is 14.6. The van der Waals surface area contributed by atoms with Crippen LogP contribution >= 0.6 is 11.6 Å². The van der Waals surface area contributed by atoms with Crippen molar-refractivity contribution in [1.29, 1.82) is 0 Å². The summed E-state index contributed by atoms with van der Waals surface area (Å²) in [5.74, 6) is -0.901. The highest BCUT2D eigenvalue weighted by Crippen LogP contribution is 2.24. The molecule has 98 valence electrons. The Labute approximate surface area is 107 Å². The molecule has 0 saturated heterocycles. The maximum absolute atomic E-state index is 12.9. The molecule has 1 aromatic carbocycles. The van der Waals surface area contributed by atoms with Crippen molar-refractivity contribution in [3.05, 3.63) is 45.7 Å². The van der Waals surface area contributed by atoms with Crippen molar-refractivity contribution < 1.29 is 17.7 Å². The zero-order valence-corrected chi connectivity index (χ0v) is 10.5. The third kappa shape index (κ3) is 3.49. The number of hydrogen-bond acceptors (Lipinski definition) is 4. The van der Waals surface area contributed by atoms with E-state index >= 15 is 0 Å². The normalized spacial score (nSPS) is 11.2. The Kier molecular flexibility index (Phi) is 4.38. The Balaban J connectivity index is 3.24. The van der Waals surface area contributed by atoms with Crippen LogP contribution in [0.1, 0.15) is 0 Å². The molecule has 9 heteroatoms. The second-order valence-electron chi connectivity index (χ2n) is 3.21. The molecule has 0 amide bonds. The predicted octanol–water partition coefficient (Wildman–Crippen LogP) is 1.76. The average molecular weight is 295 g/mol. The zero-order valence-electron chi connectivity index (χ0n) is 8.89. The topological polar surface area (TPSA) is 89.3 Å². The highest BCUT2D eigenvalue weighted by Gasteiger charge is 2.26. The smallest absolute Gasteiger partial charge is 0.258 e. The maximum atomic E-state index is 12.9. The molecular weight excluding hydrogens is 287 g/mol. The van der Waals surface area contributed by atoms with Crippen LogP contribution in [-0.2, 0) is 10.0 Å². The molecule has 0 radical (unpaired) electrons. The van der Waals surface area contributed by atoms with Crippen molar-refractivity contribution in [2.75, 3.05) is 6.54 Å². The van der Waals surface area contributed by atoms with Crippen LogP contribution in [0.2, 0.25) is 0 Å². The summed E-state index contributed by atoms with van der Waals surface area (Å²) >= 11 is 5.38. The Bertz CT molecular complexity index is 603. The number of benzene rings is 1. The van der Waals surface area contributed by atoms with Crippen molar-refractivity contribution in [3.8, 4) is 0 Å². The number of hydrogen-bond donors (Lipinski definition) is 1. The molecule has 1 N–H and O–H groups in total. The number of sulfonamides is 1. The van der Waals surface area contributed by atoms with Crippen molar-refractivity contribution in [2.45, 2.75) is 4.90 Å². The molecule has 0 aliphatic rings. The summed E-state index contributed by atoms with van der Waals surface area (Å²) in [7, 11) is -4.15. The van der Waals surface area contributed by atoms with Crippen molar-refractivity contribution in [1.82, 2.24) is 4.72 Å². The fourth-order valence-electron chi connectivity index (χ4n) is 1.11. The largest absolute Gasteiger partial charge is 0.292 e. The molecule has 18 heavy (non-hydrogen) atoms. The van der Waals surface area contributed by atoms with Crippen molar-refractivity contribution >= 4 is 27.3 Å². The Morgan fingerprint density at radius 3 is 2.67 bits per heavy atom. The van der Waals surface area contributed by atoms with Gasteiger partial charge in [-0.1, -0.05) is 18.2 Å². The summed E-state index contributed by atoms with van der Waals surface area (Å²) in [5.41, 5.74) is -0.845. The van der Waals surface area contributed by atoms with Gasteiger partial charge in [0.1, 0.15) is 5.82 Å². The summed E-state index contributed by atoms with van der Waals surface area (Å²) < 4.78 is 38.3. The molecular formula is C9H8ClFN2O4S. The lowest BCUT2D eigenvalue weighted by Gasteiger charge is -2.06. The molecule has 0 heterocycles. The van der Waals surface area contributed by atoms with Gasteiger partial charge in [-0.15, -0.1) is 0 Å². The second kappa shape index (κ2) is 5.42. The van der Waals surface area contributed by atoms with Gasteiger partial charge in [-0.05, 0) is 12.1 Å². The molecule has 0 spiro atoms. The minimum absolute atomic E-state index is 0.0170. The third-order valence-corrected chi connectivity index (χ3v) is 3.44. The lowest BCUT2D eigenvalue weighted by molar-refractivity contribution is -0.388. The van der Waals surface area contributed by atoms with Gasteiger partial charge < -0.3 is 0 Å². The first-order valence-electron chi connectivity index (χ1n) is 4.51. The standard InChI is InChI=1S/C9H8ClFN2O4S/c1-6(10)5-12-18(16,17)9-3-2-7(11)4-8(9)13(14)15/h2-4,12H,1,5H2. The molecule has 0 aliphatic heterocycles. The van der Waals surface area contributed by atoms with E-state index in [9.17, 15) is 22.9 Å². The fourth-order valence-corrected chi connectivity index (χ4v) is 2.43. The van der Waals surface area contributed by atoms with Crippen LogP contribution in [0.4, 0.5) is 10.1 Å². The Hall–Kier alpha value is -1.51. The number of nitrogens with one attached hydrogen (secondary N) is 1. The number of halogens is 2. The van der Waals surface area contributed by atoms with E-state index in [1.165, 1.54) is 0 Å². The van der Waals surface area contributed by atoms with Crippen LogP contribution in [0.25, 0.3) is 0 Å². The van der Waals surface area contributed by atoms with Crippen LogP contribution in [0, 0.1) is 15.9 Å². The third-order valence-electron chi connectivity index (χ3n) is 1.86. The zero-order chi connectivity index (χ0) is 13.9. The van der Waals surface area contributed by atoms with Crippen LogP contribution < -0.4 is 4.72 Å². The average Bonchev–Trinajstić information content (AvgIpc) is 2.26. The van der Waals surface area contributed by atoms with E-state index in [4.69, 9.17) is 11.6 Å². The summed E-state index contributed by atoms with van der Waals surface area (Å²) in [6, 6.07) is 2.16. The quantitative estimate of drug-likeness (QED) is 0.662. The minimum atomic E-state index is -4.15.